The number of rotatable bonds is 4. The number of benzene rings is 5. The molecule has 0 N–H and O–H groups in total. The topological polar surface area (TPSA) is 43.2 Å². The van der Waals surface area contributed by atoms with Gasteiger partial charge in [0.1, 0.15) is 23.1 Å². The van der Waals surface area contributed by atoms with Crippen LogP contribution in [0.25, 0.3) is 42.6 Å². The minimum atomic E-state index is -0.247. The highest BCUT2D eigenvalue weighted by Gasteiger charge is 2.40. The summed E-state index contributed by atoms with van der Waals surface area (Å²) in [6.07, 6.45) is 2.04. The number of nitrogens with zero attached hydrogens (tertiary/aromatic N) is 4. The first-order valence-corrected chi connectivity index (χ1v) is 16.3. The van der Waals surface area contributed by atoms with E-state index in [-0.39, 0.29) is 5.41 Å². The van der Waals surface area contributed by atoms with E-state index in [0.29, 0.717) is 0 Å². The fraction of sp³-hybridized carbons (Fsp3) is 0.100. The van der Waals surface area contributed by atoms with Gasteiger partial charge >= 0.3 is 0 Å². The molecule has 0 saturated carbocycles. The van der Waals surface area contributed by atoms with Crippen LogP contribution in [0.15, 0.2) is 128 Å². The number of thiophene rings is 1. The van der Waals surface area contributed by atoms with E-state index in [1.807, 2.05) is 53.9 Å². The van der Waals surface area contributed by atoms with E-state index >= 15 is 0 Å². The highest BCUT2D eigenvalue weighted by atomic mass is 32.1. The van der Waals surface area contributed by atoms with Gasteiger partial charge in [0.2, 0.25) is 0 Å². The van der Waals surface area contributed by atoms with Crippen LogP contribution in [0.4, 0.5) is 17.2 Å². The largest absolute Gasteiger partial charge is 0.457 e. The van der Waals surface area contributed by atoms with Crippen LogP contribution in [0.3, 0.4) is 0 Å². The molecule has 6 heteroatoms. The van der Waals surface area contributed by atoms with Crippen molar-refractivity contribution in [1.29, 1.82) is 0 Å². The van der Waals surface area contributed by atoms with Crippen molar-refractivity contribution in [1.82, 2.24) is 14.5 Å². The van der Waals surface area contributed by atoms with Gasteiger partial charge in [-0.25, -0.2) is 9.97 Å². The summed E-state index contributed by atoms with van der Waals surface area (Å²) < 4.78 is 11.2. The minimum Gasteiger partial charge on any atom is -0.457 e. The van der Waals surface area contributed by atoms with Crippen molar-refractivity contribution in [2.45, 2.75) is 19.3 Å². The second-order valence-electron chi connectivity index (χ2n) is 12.4. The molecule has 4 heterocycles. The van der Waals surface area contributed by atoms with E-state index in [1.165, 1.54) is 31.3 Å². The van der Waals surface area contributed by atoms with Crippen molar-refractivity contribution < 1.29 is 4.74 Å². The van der Waals surface area contributed by atoms with Crippen molar-refractivity contribution in [3.05, 3.63) is 139 Å². The second-order valence-corrected chi connectivity index (χ2v) is 13.5. The molecular weight excluding hydrogens is 585 g/mol. The van der Waals surface area contributed by atoms with Crippen LogP contribution >= 0.6 is 11.3 Å². The molecule has 0 aliphatic carbocycles. The zero-order valence-electron chi connectivity index (χ0n) is 25.7. The normalized spacial score (nSPS) is 13.7. The van der Waals surface area contributed by atoms with Gasteiger partial charge in [-0.15, -0.1) is 11.3 Å². The Bertz CT molecular complexity index is 2470. The van der Waals surface area contributed by atoms with Crippen LogP contribution in [0.2, 0.25) is 0 Å². The molecule has 5 aromatic carbocycles. The lowest BCUT2D eigenvalue weighted by Crippen LogP contribution is -2.31. The van der Waals surface area contributed by atoms with Crippen LogP contribution in [-0.2, 0) is 12.5 Å². The van der Waals surface area contributed by atoms with Crippen molar-refractivity contribution in [3.8, 4) is 22.9 Å². The summed E-state index contributed by atoms with van der Waals surface area (Å²) in [4.78, 5) is 12.4. The van der Waals surface area contributed by atoms with Crippen LogP contribution in [0.1, 0.15) is 25.0 Å². The summed E-state index contributed by atoms with van der Waals surface area (Å²) in [5.74, 6) is 3.38. The Hall–Kier alpha value is -5.46. The van der Waals surface area contributed by atoms with E-state index < -0.39 is 0 Å². The molecule has 222 valence electrons. The van der Waals surface area contributed by atoms with Crippen LogP contribution in [-0.4, -0.2) is 14.5 Å². The molecule has 3 aromatic heterocycles. The number of anilines is 3. The van der Waals surface area contributed by atoms with Gasteiger partial charge in [-0.1, -0.05) is 80.6 Å². The predicted octanol–water partition coefficient (Wildman–Crippen LogP) is 10.9. The number of aryl methyl sites for hydroxylation is 1. The number of ether oxygens (including phenoxy) is 1. The van der Waals surface area contributed by atoms with E-state index in [1.54, 1.807) is 0 Å². The zero-order chi connectivity index (χ0) is 31.0. The summed E-state index contributed by atoms with van der Waals surface area (Å²) in [5.41, 5.74) is 7.49. The second kappa shape index (κ2) is 10.0. The maximum absolute atomic E-state index is 6.54. The number of pyridine rings is 1. The van der Waals surface area contributed by atoms with Gasteiger partial charge in [-0.05, 0) is 54.1 Å². The van der Waals surface area contributed by atoms with Gasteiger partial charge < -0.3 is 9.30 Å². The van der Waals surface area contributed by atoms with Gasteiger partial charge in [0.25, 0.3) is 0 Å². The Morgan fingerprint density at radius 1 is 0.739 bits per heavy atom. The molecule has 0 bridgehead atoms. The van der Waals surface area contributed by atoms with E-state index in [0.717, 1.165) is 51.1 Å². The first-order chi connectivity index (χ1) is 22.5. The first-order valence-electron chi connectivity index (χ1n) is 15.5. The third kappa shape index (κ3) is 4.00. The quantitative estimate of drug-likeness (QED) is 0.198. The average molecular weight is 615 g/mol. The number of fused-ring (bicyclic) bond motifs is 7. The van der Waals surface area contributed by atoms with Crippen LogP contribution < -0.4 is 9.64 Å². The molecule has 0 fully saturated rings. The number of hydrogen-bond acceptors (Lipinski definition) is 5. The Morgan fingerprint density at radius 3 is 2.39 bits per heavy atom. The van der Waals surface area contributed by atoms with Crippen molar-refractivity contribution in [3.63, 3.8) is 0 Å². The molecule has 1 aliphatic rings. The summed E-state index contributed by atoms with van der Waals surface area (Å²) in [6, 6.07) is 42.1. The highest BCUT2D eigenvalue weighted by Crippen LogP contribution is 2.55. The zero-order valence-corrected chi connectivity index (χ0v) is 26.5. The molecule has 0 unspecified atom stereocenters. The first kappa shape index (κ1) is 26.9. The lowest BCUT2D eigenvalue weighted by Gasteiger charge is -2.41. The van der Waals surface area contributed by atoms with E-state index in [4.69, 9.17) is 14.7 Å². The standard InChI is InChI=1S/C40H30N4OS/c1-40(2)30-17-5-7-19-32(30)44(39-37(40)36-29-16-4-9-21-34(29)46-35(36)24-41-39)26-13-11-15-28(23-26)45-27-14-10-12-25(22-27)38-42-31-18-6-8-20-33(31)43(38)3/h4-24H,1-3H3. The lowest BCUT2D eigenvalue weighted by atomic mass is 9.73. The number of para-hydroxylation sites is 3. The van der Waals surface area contributed by atoms with Gasteiger partial charge in [0.05, 0.1) is 27.1 Å². The number of aromatic nitrogens is 3. The fourth-order valence-corrected chi connectivity index (χ4v) is 8.19. The molecule has 1 aliphatic heterocycles. The Morgan fingerprint density at radius 2 is 1.50 bits per heavy atom. The average Bonchev–Trinajstić information content (AvgIpc) is 3.63. The van der Waals surface area contributed by atoms with Crippen molar-refractivity contribution in [2.24, 2.45) is 7.05 Å². The number of imidazole rings is 1. The fourth-order valence-electron chi connectivity index (χ4n) is 7.10. The molecular formula is C40H30N4OS. The third-order valence-electron chi connectivity index (χ3n) is 9.25. The summed E-state index contributed by atoms with van der Waals surface area (Å²) in [7, 11) is 2.05. The third-order valence-corrected chi connectivity index (χ3v) is 10.4. The summed E-state index contributed by atoms with van der Waals surface area (Å²) >= 11 is 1.81. The van der Waals surface area contributed by atoms with Crippen LogP contribution in [0.5, 0.6) is 11.5 Å². The highest BCUT2D eigenvalue weighted by molar-refractivity contribution is 7.25. The van der Waals surface area contributed by atoms with E-state index in [2.05, 4.69) is 115 Å². The maximum atomic E-state index is 6.54. The Kier molecular flexibility index (Phi) is 5.86. The molecule has 0 spiro atoms. The predicted molar refractivity (Wildman–Crippen MR) is 190 cm³/mol. The molecule has 0 saturated heterocycles. The maximum Gasteiger partial charge on any atom is 0.142 e. The molecule has 46 heavy (non-hydrogen) atoms. The lowest BCUT2D eigenvalue weighted by molar-refractivity contribution is 0.483. The molecule has 8 aromatic rings. The monoisotopic (exact) mass is 614 g/mol. The van der Waals surface area contributed by atoms with E-state index in [9.17, 15) is 0 Å². The summed E-state index contributed by atoms with van der Waals surface area (Å²) in [6.45, 7) is 4.65. The van der Waals surface area contributed by atoms with Gasteiger partial charge in [-0.3, -0.25) is 4.90 Å². The van der Waals surface area contributed by atoms with Crippen LogP contribution in [0, 0.1) is 0 Å². The van der Waals surface area contributed by atoms with Crippen molar-refractivity contribution in [2.75, 3.05) is 4.90 Å². The minimum absolute atomic E-state index is 0.247. The summed E-state index contributed by atoms with van der Waals surface area (Å²) in [5, 5.41) is 2.58. The number of hydrogen-bond donors (Lipinski definition) is 0. The molecule has 9 rings (SSSR count). The molecule has 0 radical (unpaired) electrons. The van der Waals surface area contributed by atoms with Gasteiger partial charge in [-0.2, -0.15) is 0 Å². The molecule has 0 amide bonds. The molecule has 5 nitrogen and oxygen atoms in total. The van der Waals surface area contributed by atoms with Gasteiger partial charge in [0, 0.05) is 51.3 Å². The SMILES string of the molecule is Cn1c(-c2cccc(Oc3cccc(N4c5ccccc5C(C)(C)c5c4ncc4sc6ccccc6c54)c3)c2)nc2ccccc21. The van der Waals surface area contributed by atoms with Crippen molar-refractivity contribution >= 4 is 59.7 Å². The van der Waals surface area contributed by atoms with Gasteiger partial charge in [0.15, 0.2) is 0 Å². The molecule has 0 atom stereocenters. The smallest absolute Gasteiger partial charge is 0.142 e. The Balaban J connectivity index is 1.16. The Labute approximate surface area is 271 Å².